The van der Waals surface area contributed by atoms with E-state index >= 15 is 0 Å². The average Bonchev–Trinajstić information content (AvgIpc) is 2.89. The standard InChI is InChI=1S/C28H36N2O6/c1-21(31)17-26(32)25(18-22-11-5-2-6-12-22)30(28(34)36-20-24-15-9-4-10-16-24)29-27(33)35-19-23-13-7-3-8-14-23/h3-4,7-10,13-16,22,25-26,32H,2,5-6,11-12,17-20H2,1H3,(H,29,33)/t25-,26+/m0/s1. The van der Waals surface area contributed by atoms with Gasteiger partial charge in [-0.15, -0.1) is 0 Å². The molecule has 36 heavy (non-hydrogen) atoms. The Hall–Kier alpha value is -3.39. The molecule has 0 aliphatic heterocycles. The monoisotopic (exact) mass is 496 g/mol. The van der Waals surface area contributed by atoms with Crippen molar-refractivity contribution in [2.45, 2.75) is 77.2 Å². The third-order valence-electron chi connectivity index (χ3n) is 6.40. The second kappa shape index (κ2) is 14.2. The van der Waals surface area contributed by atoms with E-state index in [1.165, 1.54) is 6.92 Å². The summed E-state index contributed by atoms with van der Waals surface area (Å²) in [6, 6.07) is 17.5. The Bertz CT molecular complexity index is 963. The number of carbonyl (C=O) groups excluding carboxylic acids is 3. The van der Waals surface area contributed by atoms with Gasteiger partial charge in [-0.3, -0.25) is 4.79 Å². The Morgan fingerprint density at radius 1 is 0.917 bits per heavy atom. The number of nitrogens with zero attached hydrogens (tertiary/aromatic N) is 1. The first-order chi connectivity index (χ1) is 17.4. The Balaban J connectivity index is 1.76. The summed E-state index contributed by atoms with van der Waals surface area (Å²) in [5.74, 6) is 0.0531. The fourth-order valence-electron chi connectivity index (χ4n) is 4.54. The highest BCUT2D eigenvalue weighted by molar-refractivity contribution is 5.77. The third kappa shape index (κ3) is 9.00. The third-order valence-corrected chi connectivity index (χ3v) is 6.40. The van der Waals surface area contributed by atoms with Crippen LogP contribution in [0.15, 0.2) is 60.7 Å². The predicted octanol–water partition coefficient (Wildman–Crippen LogP) is 5.15. The zero-order valence-corrected chi connectivity index (χ0v) is 20.8. The number of hydrogen-bond acceptors (Lipinski definition) is 6. The lowest BCUT2D eigenvalue weighted by molar-refractivity contribution is -0.120. The van der Waals surface area contributed by atoms with Gasteiger partial charge >= 0.3 is 12.2 Å². The molecule has 0 unspecified atom stereocenters. The largest absolute Gasteiger partial charge is 0.443 e. The molecule has 2 amide bonds. The zero-order chi connectivity index (χ0) is 25.8. The molecular weight excluding hydrogens is 460 g/mol. The van der Waals surface area contributed by atoms with Gasteiger partial charge in [0.2, 0.25) is 0 Å². The van der Waals surface area contributed by atoms with Crippen molar-refractivity contribution in [2.24, 2.45) is 5.92 Å². The molecule has 0 heterocycles. The van der Waals surface area contributed by atoms with Crippen LogP contribution in [0.25, 0.3) is 0 Å². The summed E-state index contributed by atoms with van der Waals surface area (Å²) in [7, 11) is 0. The van der Waals surface area contributed by atoms with Crippen LogP contribution in [-0.2, 0) is 27.5 Å². The molecule has 2 aromatic rings. The molecule has 2 aromatic carbocycles. The first kappa shape index (κ1) is 27.2. The fraction of sp³-hybridized carbons (Fsp3) is 0.464. The summed E-state index contributed by atoms with van der Waals surface area (Å²) in [5.41, 5.74) is 4.07. The molecule has 194 valence electrons. The molecule has 2 atom stereocenters. The van der Waals surface area contributed by atoms with Gasteiger partial charge in [-0.25, -0.2) is 20.0 Å². The van der Waals surface area contributed by atoms with E-state index in [4.69, 9.17) is 9.47 Å². The van der Waals surface area contributed by atoms with E-state index in [9.17, 15) is 19.5 Å². The van der Waals surface area contributed by atoms with Gasteiger partial charge in [0.05, 0.1) is 12.1 Å². The van der Waals surface area contributed by atoms with Gasteiger partial charge in [0, 0.05) is 6.42 Å². The summed E-state index contributed by atoms with van der Waals surface area (Å²) in [5, 5.41) is 12.0. The number of nitrogens with one attached hydrogen (secondary N) is 1. The molecule has 3 rings (SSSR count). The Kier molecular flexibility index (Phi) is 10.8. The van der Waals surface area contributed by atoms with Gasteiger partial charge in [0.15, 0.2) is 0 Å². The van der Waals surface area contributed by atoms with E-state index in [2.05, 4.69) is 5.43 Å². The Morgan fingerprint density at radius 2 is 1.47 bits per heavy atom. The number of aliphatic hydroxyl groups excluding tert-OH is 1. The number of Topliss-reactive ketones (excluding diaryl/α,β-unsaturated/α-hetero) is 1. The van der Waals surface area contributed by atoms with Crippen molar-refractivity contribution in [1.82, 2.24) is 10.4 Å². The minimum Gasteiger partial charge on any atom is -0.443 e. The van der Waals surface area contributed by atoms with E-state index in [1.54, 1.807) is 0 Å². The smallest absolute Gasteiger partial charge is 0.429 e. The van der Waals surface area contributed by atoms with Gasteiger partial charge in [-0.1, -0.05) is 92.8 Å². The maximum Gasteiger partial charge on any atom is 0.429 e. The number of amides is 2. The maximum absolute atomic E-state index is 13.2. The molecule has 0 saturated heterocycles. The first-order valence-corrected chi connectivity index (χ1v) is 12.6. The summed E-state index contributed by atoms with van der Waals surface area (Å²) >= 11 is 0. The lowest BCUT2D eigenvalue weighted by Crippen LogP contribution is -2.57. The van der Waals surface area contributed by atoms with Gasteiger partial charge in [0.1, 0.15) is 19.0 Å². The van der Waals surface area contributed by atoms with Crippen molar-refractivity contribution in [3.63, 3.8) is 0 Å². The second-order valence-electron chi connectivity index (χ2n) is 9.36. The number of hydrogen-bond donors (Lipinski definition) is 2. The van der Waals surface area contributed by atoms with Crippen LogP contribution in [0.1, 0.15) is 63.0 Å². The minimum absolute atomic E-state index is 0.00410. The van der Waals surface area contributed by atoms with Gasteiger partial charge in [-0.05, 0) is 30.4 Å². The molecule has 0 bridgehead atoms. The highest BCUT2D eigenvalue weighted by atomic mass is 16.6. The molecule has 0 aromatic heterocycles. The number of hydrazine groups is 1. The van der Waals surface area contributed by atoms with Gasteiger partial charge in [-0.2, -0.15) is 0 Å². The Labute approximate surface area is 212 Å². The van der Waals surface area contributed by atoms with Crippen molar-refractivity contribution in [3.05, 3.63) is 71.8 Å². The highest BCUT2D eigenvalue weighted by Crippen LogP contribution is 2.30. The number of ketones is 1. The van der Waals surface area contributed by atoms with E-state index in [0.717, 1.165) is 48.2 Å². The van der Waals surface area contributed by atoms with Gasteiger partial charge in [0.25, 0.3) is 0 Å². The quantitative estimate of drug-likeness (QED) is 0.441. The van der Waals surface area contributed by atoms with Crippen LogP contribution in [-0.4, -0.2) is 40.2 Å². The average molecular weight is 497 g/mol. The normalized spacial score (nSPS) is 15.4. The van der Waals surface area contributed by atoms with Crippen molar-refractivity contribution in [3.8, 4) is 0 Å². The molecule has 1 aliphatic carbocycles. The molecule has 1 saturated carbocycles. The number of carbonyl (C=O) groups is 3. The minimum atomic E-state index is -1.16. The van der Waals surface area contributed by atoms with Crippen molar-refractivity contribution >= 4 is 18.0 Å². The van der Waals surface area contributed by atoms with Crippen LogP contribution < -0.4 is 5.43 Å². The summed E-state index contributed by atoms with van der Waals surface area (Å²) in [6.45, 7) is 1.40. The maximum atomic E-state index is 13.2. The summed E-state index contributed by atoms with van der Waals surface area (Å²) in [4.78, 5) is 37.8. The van der Waals surface area contributed by atoms with Crippen LogP contribution in [0, 0.1) is 5.92 Å². The van der Waals surface area contributed by atoms with E-state index in [0.29, 0.717) is 6.42 Å². The van der Waals surface area contributed by atoms with Crippen LogP contribution >= 0.6 is 0 Å². The molecule has 8 heteroatoms. The van der Waals surface area contributed by atoms with E-state index < -0.39 is 24.3 Å². The summed E-state index contributed by atoms with van der Waals surface area (Å²) < 4.78 is 10.8. The zero-order valence-electron chi connectivity index (χ0n) is 20.8. The molecule has 1 aliphatic rings. The fourth-order valence-corrected chi connectivity index (χ4v) is 4.54. The van der Waals surface area contributed by atoms with Crippen molar-refractivity contribution < 1.29 is 29.0 Å². The van der Waals surface area contributed by atoms with E-state index in [-0.39, 0.29) is 31.3 Å². The molecule has 2 N–H and O–H groups in total. The van der Waals surface area contributed by atoms with Crippen molar-refractivity contribution in [1.29, 1.82) is 0 Å². The number of aliphatic hydroxyl groups is 1. The van der Waals surface area contributed by atoms with Crippen LogP contribution in [0.2, 0.25) is 0 Å². The number of ether oxygens (including phenoxy) is 2. The molecule has 0 radical (unpaired) electrons. The second-order valence-corrected chi connectivity index (χ2v) is 9.36. The molecule has 0 spiro atoms. The summed E-state index contributed by atoms with van der Waals surface area (Å²) in [6.07, 6.45) is 2.71. The number of benzene rings is 2. The first-order valence-electron chi connectivity index (χ1n) is 12.6. The predicted molar refractivity (Wildman–Crippen MR) is 135 cm³/mol. The molecule has 1 fully saturated rings. The van der Waals surface area contributed by atoms with Crippen molar-refractivity contribution in [2.75, 3.05) is 0 Å². The SMILES string of the molecule is CC(=O)C[C@@H](O)[C@H](CC1CCCCC1)N(NC(=O)OCc1ccccc1)C(=O)OCc1ccccc1. The van der Waals surface area contributed by atoms with E-state index in [1.807, 2.05) is 60.7 Å². The molecule has 8 nitrogen and oxygen atoms in total. The molecular formula is C28H36N2O6. The van der Waals surface area contributed by atoms with Crippen LogP contribution in [0.4, 0.5) is 9.59 Å². The lowest BCUT2D eigenvalue weighted by atomic mass is 9.83. The lowest BCUT2D eigenvalue weighted by Gasteiger charge is -2.36. The topological polar surface area (TPSA) is 105 Å². The number of rotatable bonds is 10. The van der Waals surface area contributed by atoms with Crippen LogP contribution in [0.5, 0.6) is 0 Å². The highest BCUT2D eigenvalue weighted by Gasteiger charge is 2.35. The van der Waals surface area contributed by atoms with Crippen LogP contribution in [0.3, 0.4) is 0 Å². The Morgan fingerprint density at radius 3 is 2.03 bits per heavy atom. The van der Waals surface area contributed by atoms with Gasteiger partial charge < -0.3 is 14.6 Å².